The summed E-state index contributed by atoms with van der Waals surface area (Å²) in [6, 6.07) is 8.67. The van der Waals surface area contributed by atoms with Crippen molar-refractivity contribution < 1.29 is 0 Å². The molecule has 2 rings (SSSR count). The third-order valence-corrected chi connectivity index (χ3v) is 4.09. The van der Waals surface area contributed by atoms with Gasteiger partial charge in [-0.05, 0) is 18.4 Å². The number of rotatable bonds is 4. The molecule has 0 atom stereocenters. The molecule has 0 saturated heterocycles. The number of nitrogens with two attached hydrogens (primary N) is 1. The second-order valence-electron chi connectivity index (χ2n) is 3.99. The van der Waals surface area contributed by atoms with Gasteiger partial charge in [-0.3, -0.25) is 0 Å². The molecule has 0 fully saturated rings. The first-order chi connectivity index (χ1) is 8.28. The van der Waals surface area contributed by atoms with Crippen LogP contribution in [0, 0.1) is 0 Å². The van der Waals surface area contributed by atoms with Crippen molar-refractivity contribution in [1.82, 2.24) is 4.98 Å². The van der Waals surface area contributed by atoms with Crippen molar-refractivity contribution in [2.24, 2.45) is 5.73 Å². The lowest BCUT2D eigenvalue weighted by atomic mass is 10.1. The molecule has 0 aliphatic rings. The van der Waals surface area contributed by atoms with Gasteiger partial charge in [-0.2, -0.15) is 0 Å². The van der Waals surface area contributed by atoms with Gasteiger partial charge in [0, 0.05) is 17.0 Å². The largest absolute Gasteiger partial charge is 0.325 e. The quantitative estimate of drug-likeness (QED) is 0.898. The minimum atomic E-state index is 0.532. The molecule has 1 aromatic heterocycles. The van der Waals surface area contributed by atoms with Gasteiger partial charge >= 0.3 is 0 Å². The van der Waals surface area contributed by atoms with E-state index in [1.54, 1.807) is 11.3 Å². The summed E-state index contributed by atoms with van der Waals surface area (Å²) < 4.78 is 0. The number of aryl methyl sites for hydroxylation is 2. The molecule has 0 unspecified atom stereocenters. The van der Waals surface area contributed by atoms with E-state index in [0.717, 1.165) is 23.5 Å². The Hall–Kier alpha value is -1.19. The molecule has 0 saturated carbocycles. The predicted molar refractivity (Wildman–Crippen MR) is 74.2 cm³/mol. The summed E-state index contributed by atoms with van der Waals surface area (Å²) in [7, 11) is 0. The van der Waals surface area contributed by atoms with Gasteiger partial charge in [-0.15, -0.1) is 11.3 Å². The number of hydrogen-bond acceptors (Lipinski definition) is 3. The molecule has 2 N–H and O–H groups in total. The summed E-state index contributed by atoms with van der Waals surface area (Å²) in [4.78, 5) is 5.95. The van der Waals surface area contributed by atoms with Crippen LogP contribution in [0.3, 0.4) is 0 Å². The maximum atomic E-state index is 5.66. The monoisotopic (exact) mass is 246 g/mol. The summed E-state index contributed by atoms with van der Waals surface area (Å²) in [6.45, 7) is 4.87. The predicted octanol–water partition coefficient (Wildman–Crippen LogP) is 3.39. The zero-order chi connectivity index (χ0) is 12.3. The fraction of sp³-hybridized carbons (Fsp3) is 0.357. The lowest BCUT2D eigenvalue weighted by molar-refractivity contribution is 1.04. The number of nitrogens with zero attached hydrogens (tertiary/aromatic N) is 1. The summed E-state index contributed by atoms with van der Waals surface area (Å²) >= 11 is 1.73. The minimum Gasteiger partial charge on any atom is -0.325 e. The Balaban J connectivity index is 2.40. The first-order valence-corrected chi connectivity index (χ1v) is 6.88. The summed E-state index contributed by atoms with van der Waals surface area (Å²) in [5, 5.41) is 1.02. The van der Waals surface area contributed by atoms with Crippen molar-refractivity contribution >= 4 is 11.3 Å². The highest BCUT2D eigenvalue weighted by molar-refractivity contribution is 7.12. The fourth-order valence-electron chi connectivity index (χ4n) is 1.85. The zero-order valence-electron chi connectivity index (χ0n) is 10.4. The number of hydrogen-bond donors (Lipinski definition) is 1. The number of aromatic nitrogens is 1. The number of thiazole rings is 1. The van der Waals surface area contributed by atoms with Crippen molar-refractivity contribution in [3.8, 4) is 11.3 Å². The van der Waals surface area contributed by atoms with Crippen LogP contribution in [0.4, 0.5) is 0 Å². The van der Waals surface area contributed by atoms with Gasteiger partial charge in [0.1, 0.15) is 5.01 Å². The maximum absolute atomic E-state index is 5.66. The second kappa shape index (κ2) is 5.43. The van der Waals surface area contributed by atoms with Crippen molar-refractivity contribution in [3.63, 3.8) is 0 Å². The highest BCUT2D eigenvalue weighted by Gasteiger charge is 2.10. The second-order valence-corrected chi connectivity index (χ2v) is 5.16. The van der Waals surface area contributed by atoms with Crippen molar-refractivity contribution in [2.75, 3.05) is 0 Å². The molecule has 17 heavy (non-hydrogen) atoms. The highest BCUT2D eigenvalue weighted by atomic mass is 32.1. The summed E-state index contributed by atoms with van der Waals surface area (Å²) in [6.07, 6.45) is 2.09. The third-order valence-electron chi connectivity index (χ3n) is 2.87. The molecule has 0 bridgehead atoms. The average molecular weight is 246 g/mol. The lowest BCUT2D eigenvalue weighted by Crippen LogP contribution is -1.94. The third kappa shape index (κ3) is 2.56. The first kappa shape index (κ1) is 12.3. The molecule has 3 heteroatoms. The molecule has 0 amide bonds. The van der Waals surface area contributed by atoms with Gasteiger partial charge in [0.05, 0.1) is 5.69 Å². The zero-order valence-corrected chi connectivity index (χ0v) is 11.2. The number of benzene rings is 1. The molecule has 1 heterocycles. The standard InChI is InChI=1S/C14H18N2S/c1-3-10-5-7-11(8-6-10)14-12(4-2)17-13(9-15)16-14/h5-8H,3-4,9,15H2,1-2H3. The molecular weight excluding hydrogens is 228 g/mol. The Morgan fingerprint density at radius 2 is 1.82 bits per heavy atom. The molecule has 2 nitrogen and oxygen atoms in total. The maximum Gasteiger partial charge on any atom is 0.107 e. The molecule has 0 spiro atoms. The van der Waals surface area contributed by atoms with Gasteiger partial charge in [-0.25, -0.2) is 4.98 Å². The van der Waals surface area contributed by atoms with Crippen LogP contribution in [-0.2, 0) is 19.4 Å². The Labute approximate surface area is 107 Å². The molecule has 0 aliphatic heterocycles. The van der Waals surface area contributed by atoms with E-state index in [0.29, 0.717) is 6.54 Å². The van der Waals surface area contributed by atoms with E-state index in [2.05, 4.69) is 43.1 Å². The summed E-state index contributed by atoms with van der Waals surface area (Å²) in [5.74, 6) is 0. The molecule has 1 aromatic carbocycles. The molecule has 0 radical (unpaired) electrons. The Kier molecular flexibility index (Phi) is 3.92. The van der Waals surface area contributed by atoms with Crippen LogP contribution in [0.15, 0.2) is 24.3 Å². The van der Waals surface area contributed by atoms with Crippen LogP contribution in [0.5, 0.6) is 0 Å². The molecule has 2 aromatic rings. The van der Waals surface area contributed by atoms with Crippen molar-refractivity contribution in [3.05, 3.63) is 39.7 Å². The van der Waals surface area contributed by atoms with Crippen molar-refractivity contribution in [2.45, 2.75) is 33.2 Å². The summed E-state index contributed by atoms with van der Waals surface area (Å²) in [5.41, 5.74) is 9.34. The Morgan fingerprint density at radius 1 is 1.12 bits per heavy atom. The van der Waals surface area contributed by atoms with E-state index in [1.165, 1.54) is 16.0 Å². The highest BCUT2D eigenvalue weighted by Crippen LogP contribution is 2.28. The van der Waals surface area contributed by atoms with Crippen LogP contribution < -0.4 is 5.73 Å². The fourth-order valence-corrected chi connectivity index (χ4v) is 2.76. The smallest absolute Gasteiger partial charge is 0.107 e. The Bertz CT molecular complexity index is 485. The van der Waals surface area contributed by atoms with E-state index in [-0.39, 0.29) is 0 Å². The van der Waals surface area contributed by atoms with Gasteiger partial charge in [0.2, 0.25) is 0 Å². The SMILES string of the molecule is CCc1ccc(-c2nc(CN)sc2CC)cc1. The molecule has 90 valence electrons. The normalized spacial score (nSPS) is 10.8. The van der Waals surface area contributed by atoms with Gasteiger partial charge in [0.25, 0.3) is 0 Å². The molecule has 0 aliphatic carbocycles. The van der Waals surface area contributed by atoms with E-state index in [1.807, 2.05) is 0 Å². The topological polar surface area (TPSA) is 38.9 Å². The van der Waals surface area contributed by atoms with Gasteiger partial charge in [0.15, 0.2) is 0 Å². The van der Waals surface area contributed by atoms with Crippen LogP contribution >= 0.6 is 11.3 Å². The van der Waals surface area contributed by atoms with Crippen LogP contribution in [-0.4, -0.2) is 4.98 Å². The van der Waals surface area contributed by atoms with Crippen LogP contribution in [0.1, 0.15) is 29.3 Å². The van der Waals surface area contributed by atoms with E-state index >= 15 is 0 Å². The Morgan fingerprint density at radius 3 is 2.35 bits per heavy atom. The van der Waals surface area contributed by atoms with Crippen LogP contribution in [0.25, 0.3) is 11.3 Å². The van der Waals surface area contributed by atoms with E-state index < -0.39 is 0 Å². The van der Waals surface area contributed by atoms with Gasteiger partial charge in [-0.1, -0.05) is 38.1 Å². The van der Waals surface area contributed by atoms with E-state index in [4.69, 9.17) is 5.73 Å². The first-order valence-electron chi connectivity index (χ1n) is 6.06. The van der Waals surface area contributed by atoms with Crippen LogP contribution in [0.2, 0.25) is 0 Å². The molecular formula is C14H18N2S. The minimum absolute atomic E-state index is 0.532. The van der Waals surface area contributed by atoms with Gasteiger partial charge < -0.3 is 5.73 Å². The average Bonchev–Trinajstić information content (AvgIpc) is 2.82. The van der Waals surface area contributed by atoms with Crippen molar-refractivity contribution in [1.29, 1.82) is 0 Å². The lowest BCUT2D eigenvalue weighted by Gasteiger charge is -2.01. The van der Waals surface area contributed by atoms with E-state index in [9.17, 15) is 0 Å².